The summed E-state index contributed by atoms with van der Waals surface area (Å²) in [5, 5.41) is 0. The normalized spacial score (nSPS) is 17.9. The molecule has 1 unspecified atom stereocenters. The number of rotatable bonds is 6. The number of hydrogen-bond donors (Lipinski definition) is 0. The third kappa shape index (κ3) is 4.82. The van der Waals surface area contributed by atoms with Crippen molar-refractivity contribution in [1.82, 2.24) is 8.61 Å². The summed E-state index contributed by atoms with van der Waals surface area (Å²) in [6.45, 7) is 10.8. The summed E-state index contributed by atoms with van der Waals surface area (Å²) in [4.78, 5) is 15.8. The van der Waals surface area contributed by atoms with Crippen LogP contribution in [0.3, 0.4) is 0 Å². The summed E-state index contributed by atoms with van der Waals surface area (Å²) in [6.07, 6.45) is 2.26. The van der Waals surface area contributed by atoms with Crippen LogP contribution in [0.5, 0.6) is 0 Å². The Kier molecular flexibility index (Phi) is 7.28. The van der Waals surface area contributed by atoms with E-state index in [1.807, 2.05) is 32.1 Å². The monoisotopic (exact) mass is 593 g/mol. The lowest BCUT2D eigenvalue weighted by atomic mass is 10.1. The molecule has 1 saturated heterocycles. The van der Waals surface area contributed by atoms with Gasteiger partial charge in [0.05, 0.1) is 28.1 Å². The molecule has 0 spiro atoms. The fourth-order valence-corrected chi connectivity index (χ4v) is 10.1. The molecule has 1 fully saturated rings. The number of urea groups is 1. The van der Waals surface area contributed by atoms with E-state index in [0.29, 0.717) is 40.1 Å². The highest BCUT2D eigenvalue weighted by atomic mass is 32.2. The zero-order valence-electron chi connectivity index (χ0n) is 24.2. The van der Waals surface area contributed by atoms with Gasteiger partial charge in [0.2, 0.25) is 0 Å². The molecule has 2 aliphatic rings. The van der Waals surface area contributed by atoms with Gasteiger partial charge in [-0.2, -0.15) is 0 Å². The Labute approximate surface area is 243 Å². The van der Waals surface area contributed by atoms with Gasteiger partial charge in [-0.1, -0.05) is 59.7 Å². The van der Waals surface area contributed by atoms with E-state index in [2.05, 4.69) is 0 Å². The molecule has 0 aromatic heterocycles. The first-order valence-electron chi connectivity index (χ1n) is 13.5. The van der Waals surface area contributed by atoms with Gasteiger partial charge in [0.25, 0.3) is 20.0 Å². The average Bonchev–Trinajstić information content (AvgIpc) is 3.48. The highest BCUT2D eigenvalue weighted by molar-refractivity contribution is 7.90. The van der Waals surface area contributed by atoms with Crippen molar-refractivity contribution in [3.63, 3.8) is 0 Å². The number of para-hydroxylation sites is 1. The van der Waals surface area contributed by atoms with E-state index in [0.717, 1.165) is 15.4 Å². The van der Waals surface area contributed by atoms with Crippen LogP contribution in [0.1, 0.15) is 39.8 Å². The zero-order chi connectivity index (χ0) is 29.9. The summed E-state index contributed by atoms with van der Waals surface area (Å²) in [7, 11) is -8.24. The topological polar surface area (TPSA) is 95.1 Å². The van der Waals surface area contributed by atoms with Crippen molar-refractivity contribution < 1.29 is 21.6 Å². The quantitative estimate of drug-likeness (QED) is 0.375. The van der Waals surface area contributed by atoms with Gasteiger partial charge >= 0.3 is 6.03 Å². The number of sulfonamides is 2. The summed E-state index contributed by atoms with van der Waals surface area (Å²) >= 11 is 0. The van der Waals surface area contributed by atoms with Crippen LogP contribution >= 0.6 is 0 Å². The second-order valence-electron chi connectivity index (χ2n) is 11.0. The first-order valence-corrected chi connectivity index (χ1v) is 16.4. The smallest absolute Gasteiger partial charge is 0.283 e. The number of hydrogen-bond acceptors (Lipinski definition) is 5. The first-order chi connectivity index (χ1) is 19.2. The third-order valence-corrected chi connectivity index (χ3v) is 11.9. The second kappa shape index (κ2) is 10.3. The van der Waals surface area contributed by atoms with Crippen LogP contribution in [0.4, 0.5) is 10.5 Å². The standard InChI is InChI=1S/C31H35N3O5S2/c1-20-15-22(3)29(23(4)16-20)40(36,37)32-14-10-13-27(32)28-19-33(31(35)34(28)26-11-8-7-9-12-26)41(38,39)30-24(5)17-21(2)18-25(30)6/h7-9,11-13,15-18,28H,10,14,19H2,1-6H3. The molecule has 8 nitrogen and oxygen atoms in total. The highest BCUT2D eigenvalue weighted by Gasteiger charge is 2.49. The minimum Gasteiger partial charge on any atom is -0.283 e. The van der Waals surface area contributed by atoms with E-state index in [1.165, 1.54) is 9.21 Å². The van der Waals surface area contributed by atoms with Crippen LogP contribution in [0.25, 0.3) is 0 Å². The molecule has 2 heterocycles. The molecule has 1 atom stereocenters. The predicted molar refractivity (Wildman–Crippen MR) is 160 cm³/mol. The number of carbonyl (C=O) groups excluding carboxylic acids is 1. The van der Waals surface area contributed by atoms with Gasteiger partial charge in [-0.3, -0.25) is 9.21 Å². The molecule has 2 amide bonds. The molecule has 10 heteroatoms. The molecular formula is C31H35N3O5S2. The summed E-state index contributed by atoms with van der Waals surface area (Å²) in [5.41, 5.74) is 5.18. The molecule has 216 valence electrons. The number of aryl methyl sites for hydroxylation is 6. The molecule has 0 N–H and O–H groups in total. The molecule has 0 bridgehead atoms. The van der Waals surface area contributed by atoms with Gasteiger partial charge in [-0.15, -0.1) is 0 Å². The van der Waals surface area contributed by atoms with Gasteiger partial charge in [0.1, 0.15) is 0 Å². The largest absolute Gasteiger partial charge is 0.339 e. The number of amides is 2. The number of benzene rings is 3. The van der Waals surface area contributed by atoms with Gasteiger partial charge in [-0.05, 0) is 82.3 Å². The molecule has 41 heavy (non-hydrogen) atoms. The fraction of sp³-hybridized carbons (Fsp3) is 0.323. The van der Waals surface area contributed by atoms with Gasteiger partial charge in [0, 0.05) is 12.2 Å². The Balaban J connectivity index is 1.62. The Morgan fingerprint density at radius 2 is 1.15 bits per heavy atom. The van der Waals surface area contributed by atoms with Crippen molar-refractivity contribution in [1.29, 1.82) is 0 Å². The van der Waals surface area contributed by atoms with E-state index >= 15 is 0 Å². The lowest BCUT2D eigenvalue weighted by Crippen LogP contribution is -2.42. The van der Waals surface area contributed by atoms with E-state index in [9.17, 15) is 21.6 Å². The number of carbonyl (C=O) groups is 1. The van der Waals surface area contributed by atoms with E-state index in [4.69, 9.17) is 0 Å². The van der Waals surface area contributed by atoms with Crippen LogP contribution in [0, 0.1) is 41.5 Å². The van der Waals surface area contributed by atoms with Crippen LogP contribution < -0.4 is 4.90 Å². The SMILES string of the molecule is Cc1cc(C)c(S(=O)(=O)N2CC(C3=CCCN3S(=O)(=O)c3c(C)cc(C)cc3C)N(c3ccccc3)C2=O)c(C)c1. The Morgan fingerprint density at radius 3 is 1.63 bits per heavy atom. The lowest BCUT2D eigenvalue weighted by Gasteiger charge is -2.31. The van der Waals surface area contributed by atoms with E-state index in [-0.39, 0.29) is 22.9 Å². The maximum Gasteiger partial charge on any atom is 0.339 e. The molecule has 2 aliphatic heterocycles. The van der Waals surface area contributed by atoms with Crippen molar-refractivity contribution in [3.8, 4) is 0 Å². The predicted octanol–water partition coefficient (Wildman–Crippen LogP) is 5.52. The van der Waals surface area contributed by atoms with Crippen molar-refractivity contribution in [2.24, 2.45) is 0 Å². The zero-order valence-corrected chi connectivity index (χ0v) is 25.8. The number of anilines is 1. The van der Waals surface area contributed by atoms with Crippen molar-refractivity contribution in [2.75, 3.05) is 18.0 Å². The summed E-state index contributed by atoms with van der Waals surface area (Å²) in [6, 6.07) is 14.5. The summed E-state index contributed by atoms with van der Waals surface area (Å²) < 4.78 is 58.7. The first kappa shape index (κ1) is 28.9. The van der Waals surface area contributed by atoms with Crippen LogP contribution in [-0.4, -0.2) is 50.6 Å². The van der Waals surface area contributed by atoms with E-state index < -0.39 is 32.1 Å². The van der Waals surface area contributed by atoms with Crippen LogP contribution in [0.15, 0.2) is 76.2 Å². The highest BCUT2D eigenvalue weighted by Crippen LogP contribution is 2.39. The lowest BCUT2D eigenvalue weighted by molar-refractivity contribution is 0.239. The molecular weight excluding hydrogens is 558 g/mol. The van der Waals surface area contributed by atoms with E-state index in [1.54, 1.807) is 70.2 Å². The molecule has 0 saturated carbocycles. The van der Waals surface area contributed by atoms with Crippen molar-refractivity contribution in [3.05, 3.63) is 99.8 Å². The van der Waals surface area contributed by atoms with Gasteiger partial charge in [0.15, 0.2) is 0 Å². The minimum absolute atomic E-state index is 0.0981. The summed E-state index contributed by atoms with van der Waals surface area (Å²) in [5.74, 6) is 0. The minimum atomic E-state index is -4.25. The fourth-order valence-electron chi connectivity index (χ4n) is 6.37. The molecule has 3 aromatic rings. The Hall–Kier alpha value is -3.63. The van der Waals surface area contributed by atoms with Crippen molar-refractivity contribution in [2.45, 2.75) is 63.8 Å². The second-order valence-corrected chi connectivity index (χ2v) is 14.6. The average molecular weight is 594 g/mol. The van der Waals surface area contributed by atoms with Crippen LogP contribution in [-0.2, 0) is 20.0 Å². The van der Waals surface area contributed by atoms with Gasteiger partial charge in [-0.25, -0.2) is 25.9 Å². The van der Waals surface area contributed by atoms with Crippen molar-refractivity contribution >= 4 is 31.8 Å². The maximum absolute atomic E-state index is 14.2. The van der Waals surface area contributed by atoms with Gasteiger partial charge < -0.3 is 0 Å². The Bertz CT molecular complexity index is 1750. The Morgan fingerprint density at radius 1 is 0.683 bits per heavy atom. The number of nitrogens with zero attached hydrogens (tertiary/aromatic N) is 3. The molecule has 0 radical (unpaired) electrons. The molecule has 0 aliphatic carbocycles. The maximum atomic E-state index is 14.2. The van der Waals surface area contributed by atoms with Crippen LogP contribution in [0.2, 0.25) is 0 Å². The molecule has 5 rings (SSSR count). The third-order valence-electron chi connectivity index (χ3n) is 7.72. The molecule has 3 aromatic carbocycles.